The van der Waals surface area contributed by atoms with Crippen molar-refractivity contribution in [3.05, 3.63) is 120 Å². The Balaban J connectivity index is 1.16. The Morgan fingerprint density at radius 2 is 1.15 bits per heavy atom. The largest absolute Gasteiger partial charge is 0.494 e. The van der Waals surface area contributed by atoms with Gasteiger partial charge in [0.2, 0.25) is 23.6 Å². The fourth-order valence-electron chi connectivity index (χ4n) is 9.28. The van der Waals surface area contributed by atoms with Crippen molar-refractivity contribution in [3.8, 4) is 11.5 Å². The van der Waals surface area contributed by atoms with Crippen molar-refractivity contribution in [2.45, 2.75) is 128 Å². The summed E-state index contributed by atoms with van der Waals surface area (Å²) in [5, 5.41) is 10.9. The lowest BCUT2D eigenvalue weighted by Gasteiger charge is -2.42. The van der Waals surface area contributed by atoms with E-state index in [-0.39, 0.29) is 42.6 Å². The summed E-state index contributed by atoms with van der Waals surface area (Å²) in [6, 6.07) is 31.4. The zero-order valence-electron chi connectivity index (χ0n) is 39.3. The molecular formula is C53H68N4O8Si. The summed E-state index contributed by atoms with van der Waals surface area (Å²) in [7, 11) is -2.88. The zero-order chi connectivity index (χ0) is 47.1. The molecule has 13 heteroatoms. The predicted octanol–water partition coefficient (Wildman–Crippen LogP) is 6.21. The van der Waals surface area contributed by atoms with Crippen LogP contribution in [0.1, 0.15) is 97.1 Å². The Bertz CT molecular complexity index is 2180. The fraction of sp³-hybridized carbons (Fsp3) is 0.453. The molecule has 0 aromatic heterocycles. The first-order valence-corrected chi connectivity index (χ1v) is 25.7. The number of fused-ring (bicyclic) bond motifs is 1. The molecule has 3 N–H and O–H groups in total. The summed E-state index contributed by atoms with van der Waals surface area (Å²) in [5.41, 5.74) is 1.59. The van der Waals surface area contributed by atoms with E-state index >= 15 is 0 Å². The second kappa shape index (κ2) is 23.6. The van der Waals surface area contributed by atoms with Gasteiger partial charge in [0.05, 0.1) is 19.8 Å². The van der Waals surface area contributed by atoms with Gasteiger partial charge in [-0.1, -0.05) is 119 Å². The molecule has 6 rings (SSSR count). The van der Waals surface area contributed by atoms with Gasteiger partial charge in [-0.15, -0.1) is 0 Å². The summed E-state index contributed by atoms with van der Waals surface area (Å²) in [4.78, 5) is 72.6. The van der Waals surface area contributed by atoms with Crippen molar-refractivity contribution in [3.63, 3.8) is 0 Å². The van der Waals surface area contributed by atoms with Crippen LogP contribution in [0.3, 0.4) is 0 Å². The summed E-state index contributed by atoms with van der Waals surface area (Å²) in [6.45, 7) is 11.7. The number of ketones is 1. The van der Waals surface area contributed by atoms with E-state index in [0.717, 1.165) is 27.9 Å². The molecule has 4 aromatic carbocycles. The Hall–Kier alpha value is -5.79. The molecule has 4 amide bonds. The fourth-order valence-corrected chi connectivity index (χ4v) is 13.8. The van der Waals surface area contributed by atoms with Gasteiger partial charge in [-0.05, 0) is 96.8 Å². The highest BCUT2D eigenvalue weighted by Crippen LogP contribution is 2.37. The van der Waals surface area contributed by atoms with Gasteiger partial charge in [-0.2, -0.15) is 0 Å². The second-order valence-corrected chi connectivity index (χ2v) is 22.7. The molecule has 2 aliphatic heterocycles. The first kappa shape index (κ1) is 49.6. The Morgan fingerprint density at radius 3 is 1.70 bits per heavy atom. The van der Waals surface area contributed by atoms with Gasteiger partial charge in [0.15, 0.2) is 5.78 Å². The standard InChI is InChI=1S/C53H68N4O8Si/c1-6-63-41-30-26-38(27-31-41)35-46-50(60)56-47(36-39-28-32-42(33-29-39)64-7-2)52(62)57-34-18-17-25-48(57)51(61)54-45(49(59)55-46)24-16-8-11-19-40(58)37-65-66(53(3,4)5,43-20-12-9-13-21-43)44-22-14-10-15-23-44/h9-10,12-15,20-23,26-33,45-48H,6-8,11,16-19,24-25,34-37H2,1-5H3,(H,54,61)(H,55,59)(H,56,60)/t45-,46-,47-,48+/m0/s1. The quantitative estimate of drug-likeness (QED) is 0.0742. The number of amides is 4. The van der Waals surface area contributed by atoms with Crippen LogP contribution in [0.15, 0.2) is 109 Å². The van der Waals surface area contributed by atoms with E-state index in [1.807, 2.05) is 98.8 Å². The van der Waals surface area contributed by atoms with Crippen LogP contribution in [0.25, 0.3) is 0 Å². The third kappa shape index (κ3) is 12.8. The number of carbonyl (C=O) groups excluding carboxylic acids is 5. The van der Waals surface area contributed by atoms with Crippen LogP contribution in [0.5, 0.6) is 11.5 Å². The molecule has 0 bridgehead atoms. The molecule has 0 spiro atoms. The van der Waals surface area contributed by atoms with Crippen molar-refractivity contribution in [2.24, 2.45) is 0 Å². The van der Waals surface area contributed by atoms with Crippen molar-refractivity contribution in [1.82, 2.24) is 20.9 Å². The number of carbonyl (C=O) groups is 5. The minimum atomic E-state index is -2.88. The molecule has 4 atom stereocenters. The maximum Gasteiger partial charge on any atom is 0.261 e. The minimum Gasteiger partial charge on any atom is -0.494 e. The first-order valence-electron chi connectivity index (χ1n) is 23.7. The first-order chi connectivity index (χ1) is 31.8. The average Bonchev–Trinajstić information content (AvgIpc) is 3.31. The Morgan fingerprint density at radius 1 is 0.636 bits per heavy atom. The van der Waals surface area contributed by atoms with Crippen molar-refractivity contribution in [1.29, 1.82) is 0 Å². The SMILES string of the molecule is CCOc1ccc(C[C@@H]2NC(=O)[C@H](CCCCCC(=O)CO[Si](c3ccccc3)(c3ccccc3)C(C)(C)C)NC(=O)[C@H]3CCCCN3C(=O)[C@H](Cc3ccc(OCC)cc3)NC2=O)cc1. The second-order valence-electron chi connectivity index (χ2n) is 18.4. The molecule has 352 valence electrons. The molecule has 0 aliphatic carbocycles. The smallest absolute Gasteiger partial charge is 0.261 e. The average molecular weight is 917 g/mol. The predicted molar refractivity (Wildman–Crippen MR) is 259 cm³/mol. The van der Waals surface area contributed by atoms with Gasteiger partial charge < -0.3 is 34.8 Å². The third-order valence-corrected chi connectivity index (χ3v) is 17.6. The van der Waals surface area contributed by atoms with Crippen LogP contribution in [0.4, 0.5) is 0 Å². The number of ether oxygens (including phenoxy) is 2. The number of rotatable bonds is 19. The highest BCUT2D eigenvalue weighted by Gasteiger charge is 2.50. The summed E-state index contributed by atoms with van der Waals surface area (Å²) >= 11 is 0. The summed E-state index contributed by atoms with van der Waals surface area (Å²) in [5.74, 6) is -0.340. The van der Waals surface area contributed by atoms with Crippen molar-refractivity contribution in [2.75, 3.05) is 26.4 Å². The molecule has 0 saturated carbocycles. The number of nitrogens with one attached hydrogen (secondary N) is 3. The number of nitrogens with zero attached hydrogens (tertiary/aromatic N) is 1. The highest BCUT2D eigenvalue weighted by molar-refractivity contribution is 6.99. The molecular weight excluding hydrogens is 849 g/mol. The molecule has 0 radical (unpaired) electrons. The van der Waals surface area contributed by atoms with Gasteiger partial charge >= 0.3 is 0 Å². The van der Waals surface area contributed by atoms with E-state index in [2.05, 4.69) is 61.0 Å². The van der Waals surface area contributed by atoms with Crippen molar-refractivity contribution >= 4 is 48.1 Å². The van der Waals surface area contributed by atoms with E-state index in [1.165, 1.54) is 0 Å². The monoisotopic (exact) mass is 916 g/mol. The highest BCUT2D eigenvalue weighted by atomic mass is 28.4. The van der Waals surface area contributed by atoms with Crippen LogP contribution < -0.4 is 35.8 Å². The molecule has 2 aliphatic rings. The maximum absolute atomic E-state index is 14.5. The topological polar surface area (TPSA) is 152 Å². The molecule has 0 unspecified atom stereocenters. The molecule has 2 saturated heterocycles. The van der Waals surface area contributed by atoms with Gasteiger partial charge in [0, 0.05) is 25.8 Å². The van der Waals surface area contributed by atoms with E-state index in [1.54, 1.807) is 4.90 Å². The number of piperidine rings is 1. The van der Waals surface area contributed by atoms with Crippen LogP contribution in [0, 0.1) is 0 Å². The number of benzene rings is 4. The Labute approximate surface area is 391 Å². The third-order valence-electron chi connectivity index (χ3n) is 12.6. The van der Waals surface area contributed by atoms with Crippen LogP contribution in [0.2, 0.25) is 5.04 Å². The lowest BCUT2D eigenvalue weighted by Crippen LogP contribution is -2.67. The minimum absolute atomic E-state index is 0.00562. The maximum atomic E-state index is 14.5. The normalized spacial score (nSPS) is 19.6. The summed E-state index contributed by atoms with van der Waals surface area (Å²) < 4.78 is 18.1. The number of hydrogen-bond acceptors (Lipinski definition) is 8. The van der Waals surface area contributed by atoms with Gasteiger partial charge in [-0.3, -0.25) is 24.0 Å². The molecule has 66 heavy (non-hydrogen) atoms. The van der Waals surface area contributed by atoms with Crippen molar-refractivity contribution < 1.29 is 37.9 Å². The van der Waals surface area contributed by atoms with Gasteiger partial charge in [0.1, 0.15) is 35.7 Å². The molecule has 4 aromatic rings. The van der Waals surface area contributed by atoms with E-state index in [0.29, 0.717) is 69.8 Å². The van der Waals surface area contributed by atoms with Crippen LogP contribution in [-0.2, 0) is 41.2 Å². The molecule has 2 heterocycles. The number of hydrogen-bond donors (Lipinski definition) is 3. The van der Waals surface area contributed by atoms with Crippen LogP contribution in [-0.4, -0.2) is 93.2 Å². The Kier molecular flexibility index (Phi) is 17.7. The lowest BCUT2D eigenvalue weighted by molar-refractivity contribution is -0.146. The van der Waals surface area contributed by atoms with E-state index < -0.39 is 50.2 Å². The molecule has 2 fully saturated rings. The zero-order valence-corrected chi connectivity index (χ0v) is 40.3. The van der Waals surface area contributed by atoms with E-state index in [9.17, 15) is 24.0 Å². The molecule has 12 nitrogen and oxygen atoms in total. The summed E-state index contributed by atoms with van der Waals surface area (Å²) in [6.07, 6.45) is 4.55. The number of Topliss-reactive ketones (excluding diaryl/α,β-unsaturated/α-hetero) is 1. The van der Waals surface area contributed by atoms with E-state index in [4.69, 9.17) is 13.9 Å². The van der Waals surface area contributed by atoms with Crippen LogP contribution >= 0.6 is 0 Å². The number of unbranched alkanes of at least 4 members (excludes halogenated alkanes) is 2. The lowest BCUT2D eigenvalue weighted by atomic mass is 9.96. The van der Waals surface area contributed by atoms with Gasteiger partial charge in [-0.25, -0.2) is 0 Å². The van der Waals surface area contributed by atoms with Gasteiger partial charge in [0.25, 0.3) is 8.32 Å².